The molecule has 8 aromatic rings. The number of aryl methyl sites for hydroxylation is 2. The van der Waals surface area contributed by atoms with Crippen LogP contribution < -0.4 is 31.1 Å². The molecule has 4 heteroatoms. The fraction of sp³-hybridized carbons (Fsp3) is 0.415. The summed E-state index contributed by atoms with van der Waals surface area (Å²) < 4.78 is 0. The first-order chi connectivity index (χ1) is 40.6. The van der Waals surface area contributed by atoms with Gasteiger partial charge in [0.25, 0.3) is 6.71 Å². The molecule has 0 spiro atoms. The van der Waals surface area contributed by atoms with Gasteiger partial charge in [-0.15, -0.1) is 0 Å². The van der Waals surface area contributed by atoms with Crippen molar-refractivity contribution >= 4 is 68.6 Å². The highest BCUT2D eigenvalue weighted by molar-refractivity contribution is 7.00. The zero-order chi connectivity index (χ0) is 60.2. The summed E-state index contributed by atoms with van der Waals surface area (Å²) in [5.41, 5.74) is 33.1. The van der Waals surface area contributed by atoms with Crippen LogP contribution in [0.4, 0.5) is 45.5 Å². The van der Waals surface area contributed by atoms with Crippen LogP contribution in [0.2, 0.25) is 0 Å². The van der Waals surface area contributed by atoms with E-state index in [1.54, 1.807) is 0 Å². The van der Waals surface area contributed by atoms with Crippen LogP contribution >= 0.6 is 0 Å². The van der Waals surface area contributed by atoms with Gasteiger partial charge >= 0.3 is 0 Å². The topological polar surface area (TPSA) is 9.72 Å². The first-order valence-corrected chi connectivity index (χ1v) is 33.1. The number of fused-ring (bicyclic) bond motifs is 10. The SMILES string of the molecule is Cc1cc2c3c(c1)N1c4c(cc(-c5ccccc5)cc4C4(C)CCCCC14C)B3c1ccc(N(c3ccc4c(c3)C(C)(C)CCC4(C)C)c3cc4c(cc3C)C(C)(C)CCC4(C)C)cc1N2c1cc2c(cc1-c1ccccc1)C(C)(C)CCC2(C)C. The Morgan fingerprint density at radius 1 is 0.384 bits per heavy atom. The van der Waals surface area contributed by atoms with Crippen LogP contribution in [-0.4, -0.2) is 12.3 Å². The fourth-order valence-electron chi connectivity index (χ4n) is 18.4. The monoisotopic (exact) mass is 1130 g/mol. The van der Waals surface area contributed by atoms with Crippen molar-refractivity contribution in [3.8, 4) is 22.3 Å². The zero-order valence-electron chi connectivity index (χ0n) is 54.8. The van der Waals surface area contributed by atoms with Crippen molar-refractivity contribution in [2.75, 3.05) is 14.7 Å². The minimum Gasteiger partial charge on any atom is -0.335 e. The minimum atomic E-state index is -0.106. The lowest BCUT2D eigenvalue weighted by Gasteiger charge is -2.53. The van der Waals surface area contributed by atoms with Gasteiger partial charge < -0.3 is 14.7 Å². The van der Waals surface area contributed by atoms with Crippen molar-refractivity contribution in [3.05, 3.63) is 196 Å². The molecule has 0 amide bonds. The van der Waals surface area contributed by atoms with Crippen LogP contribution in [0, 0.1) is 13.8 Å². The van der Waals surface area contributed by atoms with Gasteiger partial charge in [-0.3, -0.25) is 0 Å². The first kappa shape index (κ1) is 55.8. The molecule has 0 radical (unpaired) electrons. The van der Waals surface area contributed by atoms with E-state index < -0.39 is 0 Å². The number of hydrogen-bond acceptors (Lipinski definition) is 3. The molecule has 0 bridgehead atoms. The van der Waals surface area contributed by atoms with E-state index in [4.69, 9.17) is 0 Å². The molecule has 3 heterocycles. The lowest BCUT2D eigenvalue weighted by molar-refractivity contribution is 0.195. The molecule has 8 aromatic carbocycles. The second-order valence-electron chi connectivity index (χ2n) is 32.5. The number of benzene rings is 8. The lowest BCUT2D eigenvalue weighted by Crippen LogP contribution is -2.64. The highest BCUT2D eigenvalue weighted by Crippen LogP contribution is 2.63. The molecule has 3 aliphatic heterocycles. The molecule has 86 heavy (non-hydrogen) atoms. The summed E-state index contributed by atoms with van der Waals surface area (Å²) in [6, 6.07) is 59.1. The molecule has 15 rings (SSSR count). The third-order valence-electron chi connectivity index (χ3n) is 24.3. The normalized spacial score (nSPS) is 23.2. The highest BCUT2D eigenvalue weighted by atomic mass is 15.3. The van der Waals surface area contributed by atoms with E-state index >= 15 is 0 Å². The van der Waals surface area contributed by atoms with Crippen LogP contribution in [0.1, 0.15) is 211 Å². The molecule has 2 unspecified atom stereocenters. The lowest BCUT2D eigenvalue weighted by atomic mass is 9.33. The largest absolute Gasteiger partial charge is 0.335 e. The quantitative estimate of drug-likeness (QED) is 0.154. The van der Waals surface area contributed by atoms with Crippen LogP contribution in [0.25, 0.3) is 22.3 Å². The average molecular weight is 1130 g/mol. The van der Waals surface area contributed by atoms with Crippen LogP contribution in [0.15, 0.2) is 146 Å². The Kier molecular flexibility index (Phi) is 11.9. The third-order valence-corrected chi connectivity index (χ3v) is 24.3. The predicted molar refractivity (Wildman–Crippen MR) is 369 cm³/mol. The number of rotatable bonds is 6. The van der Waals surface area contributed by atoms with E-state index in [0.717, 1.165) is 32.1 Å². The molecule has 3 nitrogen and oxygen atoms in total. The minimum absolute atomic E-state index is 0.0103. The van der Waals surface area contributed by atoms with E-state index in [0.29, 0.717) is 0 Å². The van der Waals surface area contributed by atoms with Gasteiger partial charge in [0.1, 0.15) is 0 Å². The van der Waals surface area contributed by atoms with Crippen molar-refractivity contribution in [2.45, 2.75) is 218 Å². The number of hydrogen-bond donors (Lipinski definition) is 0. The van der Waals surface area contributed by atoms with Crippen LogP contribution in [-0.2, 0) is 37.9 Å². The zero-order valence-corrected chi connectivity index (χ0v) is 54.8. The van der Waals surface area contributed by atoms with Gasteiger partial charge in [-0.2, -0.15) is 0 Å². The Morgan fingerprint density at radius 2 is 0.907 bits per heavy atom. The van der Waals surface area contributed by atoms with Crippen molar-refractivity contribution in [2.24, 2.45) is 0 Å². The second kappa shape index (κ2) is 18.4. The molecule has 1 fully saturated rings. The molecular weight excluding hydrogens is 1040 g/mol. The molecule has 0 N–H and O–H groups in total. The van der Waals surface area contributed by atoms with E-state index in [1.807, 2.05) is 0 Å². The Balaban J connectivity index is 1.07. The van der Waals surface area contributed by atoms with Gasteiger partial charge in [0, 0.05) is 50.8 Å². The Hall–Kier alpha value is -6.78. The Morgan fingerprint density at radius 3 is 1.55 bits per heavy atom. The maximum atomic E-state index is 2.92. The number of nitrogens with zero attached hydrogens (tertiary/aromatic N) is 3. The predicted octanol–water partition coefficient (Wildman–Crippen LogP) is 20.5. The smallest absolute Gasteiger partial charge is 0.252 e. The van der Waals surface area contributed by atoms with Gasteiger partial charge in [-0.1, -0.05) is 188 Å². The molecule has 0 saturated heterocycles. The summed E-state index contributed by atoms with van der Waals surface area (Å²) in [5.74, 6) is 0. The van der Waals surface area contributed by atoms with Gasteiger partial charge in [-0.05, 0) is 248 Å². The second-order valence-corrected chi connectivity index (χ2v) is 32.5. The first-order valence-electron chi connectivity index (χ1n) is 33.1. The van der Waals surface area contributed by atoms with Gasteiger partial charge in [0.15, 0.2) is 0 Å². The van der Waals surface area contributed by atoms with Gasteiger partial charge in [0.2, 0.25) is 0 Å². The Labute approximate surface area is 516 Å². The molecule has 0 aromatic heterocycles. The summed E-state index contributed by atoms with van der Waals surface area (Å²) in [5, 5.41) is 0. The van der Waals surface area contributed by atoms with Gasteiger partial charge in [-0.25, -0.2) is 0 Å². The van der Waals surface area contributed by atoms with Crippen molar-refractivity contribution in [3.63, 3.8) is 0 Å². The summed E-state index contributed by atoms with van der Waals surface area (Å²) >= 11 is 0. The Bertz CT molecular complexity index is 4150. The van der Waals surface area contributed by atoms with E-state index in [9.17, 15) is 0 Å². The van der Waals surface area contributed by atoms with Crippen molar-refractivity contribution in [1.29, 1.82) is 0 Å². The number of anilines is 8. The summed E-state index contributed by atoms with van der Waals surface area (Å²) in [6.07, 6.45) is 11.8. The molecule has 1 saturated carbocycles. The van der Waals surface area contributed by atoms with E-state index in [1.165, 1.54) is 166 Å². The van der Waals surface area contributed by atoms with E-state index in [-0.39, 0.29) is 50.2 Å². The highest BCUT2D eigenvalue weighted by Gasteiger charge is 2.62. The summed E-state index contributed by atoms with van der Waals surface area (Å²) in [7, 11) is 0. The van der Waals surface area contributed by atoms with Gasteiger partial charge in [0.05, 0.1) is 11.2 Å². The maximum Gasteiger partial charge on any atom is 0.252 e. The average Bonchev–Trinajstić information content (AvgIpc) is 1.42. The standard InChI is InChI=1S/C82H92BN3/c1-51-41-71-73-72(42-51)86-74-65(81(15)33-23-24-34-82(81,86)16)44-55(53-25-19-17-20-26-53)45-67(74)83(73)66-32-30-57(47-70(66)85(71)69-50-64-62(78(9,10)38-40-80(64,13)14)48-58(69)54-27-21-18-22-28-54)84(56-29-31-59-61(46-56)77(7,8)36-35-75(59,3)4)68-49-63-60(43-52(68)2)76(5,6)37-39-79(63,11)12/h17-22,25-32,41-50H,23-24,33-40H2,1-16H3. The fourth-order valence-corrected chi connectivity index (χ4v) is 18.4. The summed E-state index contributed by atoms with van der Waals surface area (Å²) in [6.45, 7) is 39.9. The molecule has 438 valence electrons. The van der Waals surface area contributed by atoms with Crippen LogP contribution in [0.5, 0.6) is 0 Å². The third kappa shape index (κ3) is 7.91. The van der Waals surface area contributed by atoms with Crippen LogP contribution in [0.3, 0.4) is 0 Å². The maximum absolute atomic E-state index is 2.92. The van der Waals surface area contributed by atoms with Crippen molar-refractivity contribution in [1.82, 2.24) is 0 Å². The molecule has 4 aliphatic carbocycles. The van der Waals surface area contributed by atoms with E-state index in [2.05, 4.69) is 271 Å². The summed E-state index contributed by atoms with van der Waals surface area (Å²) in [4.78, 5) is 8.42. The molecular formula is C82H92BN3. The molecule has 2 atom stereocenters. The van der Waals surface area contributed by atoms with Crippen molar-refractivity contribution < 1.29 is 0 Å². The molecule has 7 aliphatic rings.